The van der Waals surface area contributed by atoms with Crippen LogP contribution in [0.25, 0.3) is 5.69 Å². The number of carboxylic acids is 1. The largest absolute Gasteiger partial charge is 0.478 e. The molecule has 0 fully saturated rings. The minimum atomic E-state index is -0.989. The minimum absolute atomic E-state index is 0.200. The van der Waals surface area contributed by atoms with Crippen LogP contribution in [0.15, 0.2) is 30.5 Å². The van der Waals surface area contributed by atoms with Crippen LogP contribution in [0, 0.1) is 11.3 Å². The summed E-state index contributed by atoms with van der Waals surface area (Å²) in [7, 11) is 0. The van der Waals surface area contributed by atoms with Crippen LogP contribution in [0.3, 0.4) is 0 Å². The standard InChI is InChI=1S/C15H15N3O2/c1-2-3-7-14-12(15(19)20)10-17-18(14)13-8-5-4-6-11(13)9-16/h4-6,8,10H,2-3,7H2,1H3,(H,19,20). The van der Waals surface area contributed by atoms with Gasteiger partial charge >= 0.3 is 5.97 Å². The molecule has 0 unspecified atom stereocenters. The normalized spacial score (nSPS) is 10.2. The van der Waals surface area contributed by atoms with Gasteiger partial charge in [-0.1, -0.05) is 25.5 Å². The van der Waals surface area contributed by atoms with Crippen LogP contribution in [0.1, 0.15) is 41.4 Å². The van der Waals surface area contributed by atoms with Crippen molar-refractivity contribution in [3.63, 3.8) is 0 Å². The highest BCUT2D eigenvalue weighted by Gasteiger charge is 2.18. The van der Waals surface area contributed by atoms with E-state index in [9.17, 15) is 9.90 Å². The van der Waals surface area contributed by atoms with Crippen LogP contribution in [0.4, 0.5) is 0 Å². The molecule has 1 aromatic carbocycles. The van der Waals surface area contributed by atoms with Crippen LogP contribution in [-0.2, 0) is 6.42 Å². The highest BCUT2D eigenvalue weighted by Crippen LogP contribution is 2.20. The van der Waals surface area contributed by atoms with E-state index in [0.29, 0.717) is 23.4 Å². The Morgan fingerprint density at radius 1 is 1.45 bits per heavy atom. The Balaban J connectivity index is 2.56. The second-order valence-electron chi connectivity index (χ2n) is 4.45. The van der Waals surface area contributed by atoms with Crippen LogP contribution in [0.5, 0.6) is 0 Å². The molecule has 0 saturated heterocycles. The fourth-order valence-electron chi connectivity index (χ4n) is 2.10. The fraction of sp³-hybridized carbons (Fsp3) is 0.267. The van der Waals surface area contributed by atoms with Crippen LogP contribution in [0.2, 0.25) is 0 Å². The summed E-state index contributed by atoms with van der Waals surface area (Å²) in [6.07, 6.45) is 3.81. The molecule has 1 heterocycles. The molecule has 0 aliphatic heterocycles. The van der Waals surface area contributed by atoms with Crippen molar-refractivity contribution in [3.05, 3.63) is 47.3 Å². The zero-order chi connectivity index (χ0) is 14.5. The van der Waals surface area contributed by atoms with Gasteiger partial charge in [0.15, 0.2) is 0 Å². The summed E-state index contributed by atoms with van der Waals surface area (Å²) in [6, 6.07) is 9.15. The molecule has 2 rings (SSSR count). The van der Waals surface area contributed by atoms with Crippen molar-refractivity contribution in [1.29, 1.82) is 5.26 Å². The number of carbonyl (C=O) groups is 1. The van der Waals surface area contributed by atoms with E-state index in [1.165, 1.54) is 6.20 Å². The third-order valence-corrected chi connectivity index (χ3v) is 3.12. The number of nitriles is 1. The highest BCUT2D eigenvalue weighted by molar-refractivity contribution is 5.88. The van der Waals surface area contributed by atoms with E-state index in [1.807, 2.05) is 13.0 Å². The van der Waals surface area contributed by atoms with Crippen molar-refractivity contribution >= 4 is 5.97 Å². The summed E-state index contributed by atoms with van der Waals surface area (Å²) in [6.45, 7) is 2.05. The fourth-order valence-corrected chi connectivity index (χ4v) is 2.10. The van der Waals surface area contributed by atoms with Gasteiger partial charge in [0, 0.05) is 0 Å². The molecule has 1 aromatic heterocycles. The topological polar surface area (TPSA) is 78.9 Å². The van der Waals surface area contributed by atoms with Crippen LogP contribution < -0.4 is 0 Å². The Labute approximate surface area is 117 Å². The molecule has 0 bridgehead atoms. The van der Waals surface area contributed by atoms with Gasteiger partial charge in [0.2, 0.25) is 0 Å². The lowest BCUT2D eigenvalue weighted by atomic mass is 10.1. The number of para-hydroxylation sites is 1. The number of aromatic carboxylic acids is 1. The van der Waals surface area contributed by atoms with Crippen LogP contribution in [-0.4, -0.2) is 20.9 Å². The Bertz CT molecular complexity index is 668. The molecule has 102 valence electrons. The van der Waals surface area contributed by atoms with Crippen molar-refractivity contribution in [2.75, 3.05) is 0 Å². The quantitative estimate of drug-likeness (QED) is 0.905. The molecule has 0 aliphatic carbocycles. The number of carboxylic acid groups (broad SMARTS) is 1. The van der Waals surface area contributed by atoms with E-state index in [0.717, 1.165) is 12.8 Å². The van der Waals surface area contributed by atoms with Crippen molar-refractivity contribution in [2.45, 2.75) is 26.2 Å². The van der Waals surface area contributed by atoms with Gasteiger partial charge in [-0.15, -0.1) is 0 Å². The van der Waals surface area contributed by atoms with Crippen LogP contribution >= 0.6 is 0 Å². The molecule has 5 nitrogen and oxygen atoms in total. The molecule has 0 atom stereocenters. The van der Waals surface area contributed by atoms with Gasteiger partial charge in [-0.05, 0) is 25.0 Å². The number of nitrogens with zero attached hydrogens (tertiary/aromatic N) is 3. The van der Waals surface area contributed by atoms with Gasteiger partial charge in [0.25, 0.3) is 0 Å². The Morgan fingerprint density at radius 3 is 2.85 bits per heavy atom. The number of unbranched alkanes of at least 4 members (excludes halogenated alkanes) is 1. The Hall–Kier alpha value is -2.61. The zero-order valence-electron chi connectivity index (χ0n) is 11.2. The number of rotatable bonds is 5. The molecule has 0 aliphatic rings. The summed E-state index contributed by atoms with van der Waals surface area (Å²) in [5.74, 6) is -0.989. The number of benzene rings is 1. The monoisotopic (exact) mass is 269 g/mol. The summed E-state index contributed by atoms with van der Waals surface area (Å²) >= 11 is 0. The van der Waals surface area contributed by atoms with Gasteiger partial charge < -0.3 is 5.11 Å². The summed E-state index contributed by atoms with van der Waals surface area (Å²) < 4.78 is 1.57. The van der Waals surface area contributed by atoms with Gasteiger partial charge in [0.1, 0.15) is 11.6 Å². The molecular weight excluding hydrogens is 254 g/mol. The third-order valence-electron chi connectivity index (χ3n) is 3.12. The van der Waals surface area contributed by atoms with E-state index in [4.69, 9.17) is 5.26 Å². The summed E-state index contributed by atoms with van der Waals surface area (Å²) in [4.78, 5) is 11.3. The zero-order valence-corrected chi connectivity index (χ0v) is 11.2. The molecule has 0 amide bonds. The number of aromatic nitrogens is 2. The van der Waals surface area contributed by atoms with Crippen molar-refractivity contribution in [3.8, 4) is 11.8 Å². The van der Waals surface area contributed by atoms with Gasteiger partial charge in [-0.2, -0.15) is 10.4 Å². The first kappa shape index (κ1) is 13.8. The maximum Gasteiger partial charge on any atom is 0.339 e. The lowest BCUT2D eigenvalue weighted by molar-refractivity contribution is 0.0695. The van der Waals surface area contributed by atoms with Crippen molar-refractivity contribution in [2.24, 2.45) is 0 Å². The second-order valence-corrected chi connectivity index (χ2v) is 4.45. The van der Waals surface area contributed by atoms with Gasteiger partial charge in [0.05, 0.1) is 23.1 Å². The first-order valence-electron chi connectivity index (χ1n) is 6.48. The predicted octanol–water partition coefficient (Wildman–Crippen LogP) is 2.78. The first-order chi connectivity index (χ1) is 9.69. The minimum Gasteiger partial charge on any atom is -0.478 e. The molecular formula is C15H15N3O2. The maximum atomic E-state index is 11.3. The van der Waals surface area contributed by atoms with E-state index in [-0.39, 0.29) is 5.56 Å². The van der Waals surface area contributed by atoms with E-state index >= 15 is 0 Å². The molecule has 5 heteroatoms. The van der Waals surface area contributed by atoms with E-state index < -0.39 is 5.97 Å². The number of hydrogen-bond acceptors (Lipinski definition) is 3. The smallest absolute Gasteiger partial charge is 0.339 e. The van der Waals surface area contributed by atoms with Crippen molar-refractivity contribution in [1.82, 2.24) is 9.78 Å². The molecule has 20 heavy (non-hydrogen) atoms. The molecule has 0 saturated carbocycles. The first-order valence-corrected chi connectivity index (χ1v) is 6.48. The van der Waals surface area contributed by atoms with Crippen molar-refractivity contribution < 1.29 is 9.90 Å². The van der Waals surface area contributed by atoms with E-state index in [2.05, 4.69) is 11.2 Å². The Morgan fingerprint density at radius 2 is 2.20 bits per heavy atom. The predicted molar refractivity (Wildman–Crippen MR) is 73.9 cm³/mol. The lowest BCUT2D eigenvalue weighted by Gasteiger charge is -2.09. The van der Waals surface area contributed by atoms with Gasteiger partial charge in [-0.3, -0.25) is 0 Å². The molecule has 2 aromatic rings. The Kier molecular flexibility index (Phi) is 4.16. The second kappa shape index (κ2) is 6.02. The lowest BCUT2D eigenvalue weighted by Crippen LogP contribution is -2.08. The molecule has 0 radical (unpaired) electrons. The summed E-state index contributed by atoms with van der Waals surface area (Å²) in [5, 5.41) is 22.5. The highest BCUT2D eigenvalue weighted by atomic mass is 16.4. The SMILES string of the molecule is CCCCc1c(C(=O)O)cnn1-c1ccccc1C#N. The van der Waals surface area contributed by atoms with Gasteiger partial charge in [-0.25, -0.2) is 9.48 Å². The average Bonchev–Trinajstić information content (AvgIpc) is 2.88. The summed E-state index contributed by atoms with van der Waals surface area (Å²) in [5.41, 5.74) is 1.94. The van der Waals surface area contributed by atoms with E-state index in [1.54, 1.807) is 22.9 Å². The maximum absolute atomic E-state index is 11.3. The number of hydrogen-bond donors (Lipinski definition) is 1. The molecule has 0 spiro atoms. The average molecular weight is 269 g/mol. The molecule has 1 N–H and O–H groups in total. The third kappa shape index (κ3) is 2.54.